The topological polar surface area (TPSA) is 41.1 Å². The van der Waals surface area contributed by atoms with Crippen LogP contribution in [-0.4, -0.2) is 41.0 Å². The molecule has 17 heavy (non-hydrogen) atoms. The predicted octanol–water partition coefficient (Wildman–Crippen LogP) is 1.18. The molecule has 0 bridgehead atoms. The number of nitrogens with zero attached hydrogens (tertiary/aromatic N) is 3. The highest BCUT2D eigenvalue weighted by molar-refractivity contribution is 5.15. The summed E-state index contributed by atoms with van der Waals surface area (Å²) in [7, 11) is 0. The zero-order valence-electron chi connectivity index (χ0n) is 11.0. The lowest BCUT2D eigenvalue weighted by Gasteiger charge is -2.26. The largest absolute Gasteiger partial charge is 0.314 e. The zero-order valence-corrected chi connectivity index (χ0v) is 11.0. The van der Waals surface area contributed by atoms with Crippen molar-refractivity contribution in [1.29, 1.82) is 0 Å². The molecule has 4 nitrogen and oxygen atoms in total. The van der Waals surface area contributed by atoms with Crippen molar-refractivity contribution in [2.24, 2.45) is 0 Å². The van der Waals surface area contributed by atoms with Gasteiger partial charge in [0.1, 0.15) is 5.82 Å². The lowest BCUT2D eigenvalue weighted by Crippen LogP contribution is -2.43. The Bertz CT molecular complexity index is 347. The van der Waals surface area contributed by atoms with E-state index in [-0.39, 0.29) is 5.41 Å². The summed E-state index contributed by atoms with van der Waals surface area (Å²) >= 11 is 0. The molecule has 1 aliphatic heterocycles. The van der Waals surface area contributed by atoms with Crippen LogP contribution >= 0.6 is 0 Å². The quantitative estimate of drug-likeness (QED) is 0.834. The van der Waals surface area contributed by atoms with Crippen LogP contribution in [-0.2, 0) is 12.0 Å². The fourth-order valence-corrected chi connectivity index (χ4v) is 1.89. The summed E-state index contributed by atoms with van der Waals surface area (Å²) in [6, 6.07) is 0. The molecule has 1 aromatic rings. The Morgan fingerprint density at radius 3 is 2.29 bits per heavy atom. The first-order chi connectivity index (χ1) is 8.05. The highest BCUT2D eigenvalue weighted by atomic mass is 15.2. The van der Waals surface area contributed by atoms with Crippen LogP contribution in [0.25, 0.3) is 0 Å². The molecule has 94 valence electrons. The minimum absolute atomic E-state index is 0.133. The smallest absolute Gasteiger partial charge is 0.142 e. The SMILES string of the molecule is CC(C)(C)c1cnc(CN2CCNCC2)nc1. The van der Waals surface area contributed by atoms with Gasteiger partial charge < -0.3 is 5.32 Å². The molecular formula is C13H22N4. The fraction of sp³-hybridized carbons (Fsp3) is 0.692. The summed E-state index contributed by atoms with van der Waals surface area (Å²) in [5.74, 6) is 0.930. The van der Waals surface area contributed by atoms with E-state index in [2.05, 4.69) is 41.0 Å². The summed E-state index contributed by atoms with van der Waals surface area (Å²) in [6.07, 6.45) is 3.93. The van der Waals surface area contributed by atoms with E-state index in [1.165, 1.54) is 5.56 Å². The van der Waals surface area contributed by atoms with Crippen LogP contribution in [0, 0.1) is 0 Å². The van der Waals surface area contributed by atoms with Crippen LogP contribution in [0.1, 0.15) is 32.2 Å². The van der Waals surface area contributed by atoms with Gasteiger partial charge in [0, 0.05) is 38.6 Å². The second-order valence-corrected chi connectivity index (χ2v) is 5.66. The van der Waals surface area contributed by atoms with Crippen molar-refractivity contribution in [2.45, 2.75) is 32.7 Å². The highest BCUT2D eigenvalue weighted by Gasteiger charge is 2.15. The summed E-state index contributed by atoms with van der Waals surface area (Å²) in [6.45, 7) is 11.7. The van der Waals surface area contributed by atoms with Gasteiger partial charge in [0.2, 0.25) is 0 Å². The Balaban J connectivity index is 1.98. The van der Waals surface area contributed by atoms with Gasteiger partial charge in [-0.1, -0.05) is 20.8 Å². The van der Waals surface area contributed by atoms with Gasteiger partial charge in [0.05, 0.1) is 6.54 Å². The third kappa shape index (κ3) is 3.48. The van der Waals surface area contributed by atoms with Gasteiger partial charge in [-0.2, -0.15) is 0 Å². The predicted molar refractivity (Wildman–Crippen MR) is 68.9 cm³/mol. The van der Waals surface area contributed by atoms with Crippen LogP contribution in [0.5, 0.6) is 0 Å². The van der Waals surface area contributed by atoms with E-state index in [0.29, 0.717) is 0 Å². The van der Waals surface area contributed by atoms with Crippen molar-refractivity contribution in [3.8, 4) is 0 Å². The maximum absolute atomic E-state index is 4.47. The molecule has 0 aromatic carbocycles. The third-order valence-corrected chi connectivity index (χ3v) is 3.15. The van der Waals surface area contributed by atoms with E-state index in [9.17, 15) is 0 Å². The first kappa shape index (κ1) is 12.5. The van der Waals surface area contributed by atoms with Crippen molar-refractivity contribution in [3.63, 3.8) is 0 Å². The number of nitrogens with one attached hydrogen (secondary N) is 1. The molecule has 0 saturated carbocycles. The molecular weight excluding hydrogens is 212 g/mol. The normalized spacial score (nSPS) is 18.3. The van der Waals surface area contributed by atoms with Crippen LogP contribution in [0.15, 0.2) is 12.4 Å². The Hall–Kier alpha value is -1.00. The van der Waals surface area contributed by atoms with Crippen LogP contribution < -0.4 is 5.32 Å². The maximum Gasteiger partial charge on any atom is 0.142 e. The molecule has 1 aromatic heterocycles. The molecule has 0 spiro atoms. The molecule has 1 N–H and O–H groups in total. The van der Waals surface area contributed by atoms with Crippen molar-refractivity contribution in [1.82, 2.24) is 20.2 Å². The van der Waals surface area contributed by atoms with Gasteiger partial charge in [0.15, 0.2) is 0 Å². The van der Waals surface area contributed by atoms with Crippen molar-refractivity contribution >= 4 is 0 Å². The van der Waals surface area contributed by atoms with Crippen molar-refractivity contribution in [3.05, 3.63) is 23.8 Å². The minimum Gasteiger partial charge on any atom is -0.314 e. The number of piperazine rings is 1. The molecule has 0 aliphatic carbocycles. The molecule has 0 radical (unpaired) electrons. The van der Waals surface area contributed by atoms with E-state index < -0.39 is 0 Å². The molecule has 1 aliphatic rings. The molecule has 0 unspecified atom stereocenters. The summed E-state index contributed by atoms with van der Waals surface area (Å²) in [5, 5.41) is 3.35. The Morgan fingerprint density at radius 1 is 1.18 bits per heavy atom. The van der Waals surface area contributed by atoms with Crippen molar-refractivity contribution in [2.75, 3.05) is 26.2 Å². The van der Waals surface area contributed by atoms with Gasteiger partial charge >= 0.3 is 0 Å². The second-order valence-electron chi connectivity index (χ2n) is 5.66. The monoisotopic (exact) mass is 234 g/mol. The molecule has 4 heteroatoms. The fourth-order valence-electron chi connectivity index (χ4n) is 1.89. The lowest BCUT2D eigenvalue weighted by atomic mass is 9.89. The van der Waals surface area contributed by atoms with E-state index in [0.717, 1.165) is 38.5 Å². The van der Waals surface area contributed by atoms with Gasteiger partial charge in [-0.15, -0.1) is 0 Å². The summed E-state index contributed by atoms with van der Waals surface area (Å²) in [4.78, 5) is 11.3. The average molecular weight is 234 g/mol. The zero-order chi connectivity index (χ0) is 12.3. The average Bonchev–Trinajstić information content (AvgIpc) is 2.30. The lowest BCUT2D eigenvalue weighted by molar-refractivity contribution is 0.228. The highest BCUT2D eigenvalue weighted by Crippen LogP contribution is 2.20. The molecule has 2 heterocycles. The number of hydrogen-bond donors (Lipinski definition) is 1. The molecule has 0 atom stereocenters. The summed E-state index contributed by atoms with van der Waals surface area (Å²) < 4.78 is 0. The van der Waals surface area contributed by atoms with Crippen LogP contribution in [0.3, 0.4) is 0 Å². The Labute approximate surface area is 103 Å². The number of hydrogen-bond acceptors (Lipinski definition) is 4. The van der Waals surface area contributed by atoms with Crippen molar-refractivity contribution < 1.29 is 0 Å². The molecule has 1 fully saturated rings. The maximum atomic E-state index is 4.47. The van der Waals surface area contributed by atoms with Gasteiger partial charge in [-0.3, -0.25) is 4.90 Å². The Kier molecular flexibility index (Phi) is 3.74. The van der Waals surface area contributed by atoms with E-state index in [1.54, 1.807) is 0 Å². The Morgan fingerprint density at radius 2 is 1.76 bits per heavy atom. The van der Waals surface area contributed by atoms with Gasteiger partial charge in [-0.05, 0) is 11.0 Å². The number of rotatable bonds is 2. The van der Waals surface area contributed by atoms with Crippen LogP contribution in [0.2, 0.25) is 0 Å². The van der Waals surface area contributed by atoms with Gasteiger partial charge in [0.25, 0.3) is 0 Å². The van der Waals surface area contributed by atoms with Crippen LogP contribution in [0.4, 0.5) is 0 Å². The van der Waals surface area contributed by atoms with Gasteiger partial charge in [-0.25, -0.2) is 9.97 Å². The second kappa shape index (κ2) is 5.10. The van der Waals surface area contributed by atoms with E-state index in [4.69, 9.17) is 0 Å². The third-order valence-electron chi connectivity index (χ3n) is 3.15. The first-order valence-corrected chi connectivity index (χ1v) is 6.30. The first-order valence-electron chi connectivity index (χ1n) is 6.30. The summed E-state index contributed by atoms with van der Waals surface area (Å²) in [5.41, 5.74) is 1.33. The molecule has 1 saturated heterocycles. The number of aromatic nitrogens is 2. The standard InChI is InChI=1S/C13H22N4/c1-13(2,3)11-8-15-12(16-9-11)10-17-6-4-14-5-7-17/h8-9,14H,4-7,10H2,1-3H3. The minimum atomic E-state index is 0.133. The molecule has 0 amide bonds. The molecule has 2 rings (SSSR count). The van der Waals surface area contributed by atoms with E-state index >= 15 is 0 Å². The van der Waals surface area contributed by atoms with E-state index in [1.807, 2.05) is 12.4 Å².